The summed E-state index contributed by atoms with van der Waals surface area (Å²) in [6, 6.07) is 22.1. The van der Waals surface area contributed by atoms with Crippen LogP contribution in [-0.4, -0.2) is 35.2 Å². The summed E-state index contributed by atoms with van der Waals surface area (Å²) in [5, 5.41) is 1.23. The first kappa shape index (κ1) is 23.2. The normalized spacial score (nSPS) is 27.6. The Morgan fingerprint density at radius 3 is 2.69 bits per heavy atom. The maximum atomic E-state index is 6.59. The molecule has 3 saturated heterocycles. The van der Waals surface area contributed by atoms with Crippen LogP contribution in [0.2, 0.25) is 0 Å². The second-order valence-corrected chi connectivity index (χ2v) is 9.31. The molecular weight excluding hydrogens is 460 g/mol. The molecule has 6 rings (SSSR count). The largest absolute Gasteiger partial charge is 1.00 e. The molecule has 168 valence electrons. The Bertz CT molecular complexity index is 1050. The standard InChI is InChI=1S/C28H33N2O.BrH/c1-3-22-20-30(19-21-10-6-5-7-11-21)17-15-23(22)18-27(30)28(31-4-2)25-14-16-29-26-13-9-8-12-24(25)26;/h3,5-14,16,22-23,27-28H,1,4,15,17-20H2,2H3;1H/q+1;/p-1/t22-,23-,27+,28-,30?;/m0./s1. The minimum Gasteiger partial charge on any atom is -1.00 e. The molecule has 3 aliphatic heterocycles. The lowest BCUT2D eigenvalue weighted by atomic mass is 9.71. The van der Waals surface area contributed by atoms with E-state index in [1.807, 2.05) is 6.20 Å². The Morgan fingerprint density at radius 2 is 1.91 bits per heavy atom. The number of aromatic nitrogens is 1. The quantitative estimate of drug-likeness (QED) is 0.373. The number of halogens is 1. The number of para-hydroxylation sites is 1. The highest BCUT2D eigenvalue weighted by Crippen LogP contribution is 2.49. The van der Waals surface area contributed by atoms with Crippen LogP contribution in [0.5, 0.6) is 0 Å². The van der Waals surface area contributed by atoms with Gasteiger partial charge in [0.2, 0.25) is 0 Å². The van der Waals surface area contributed by atoms with Crippen molar-refractivity contribution in [2.24, 2.45) is 11.8 Å². The number of ether oxygens (including phenoxy) is 1. The van der Waals surface area contributed by atoms with Gasteiger partial charge in [0.05, 0.1) is 18.6 Å². The molecule has 3 aromatic rings. The van der Waals surface area contributed by atoms with E-state index in [4.69, 9.17) is 4.74 Å². The maximum Gasteiger partial charge on any atom is 0.135 e. The van der Waals surface area contributed by atoms with E-state index >= 15 is 0 Å². The van der Waals surface area contributed by atoms with E-state index < -0.39 is 0 Å². The van der Waals surface area contributed by atoms with Crippen LogP contribution in [0.1, 0.15) is 37.0 Å². The summed E-state index contributed by atoms with van der Waals surface area (Å²) in [5.74, 6) is 1.32. The number of fused-ring (bicyclic) bond motifs is 4. The molecule has 1 aromatic heterocycles. The van der Waals surface area contributed by atoms with Gasteiger partial charge in [-0.1, -0.05) is 54.6 Å². The Morgan fingerprint density at radius 1 is 1.12 bits per heavy atom. The molecule has 2 bridgehead atoms. The van der Waals surface area contributed by atoms with Crippen molar-refractivity contribution in [3.8, 4) is 0 Å². The number of rotatable bonds is 7. The molecule has 3 nitrogen and oxygen atoms in total. The molecule has 4 heteroatoms. The molecule has 3 fully saturated rings. The average molecular weight is 493 g/mol. The van der Waals surface area contributed by atoms with Gasteiger partial charge < -0.3 is 26.2 Å². The van der Waals surface area contributed by atoms with Crippen molar-refractivity contribution in [1.29, 1.82) is 0 Å². The van der Waals surface area contributed by atoms with E-state index in [2.05, 4.69) is 85.2 Å². The highest BCUT2D eigenvalue weighted by atomic mass is 79.9. The van der Waals surface area contributed by atoms with Crippen LogP contribution in [0.4, 0.5) is 0 Å². The predicted molar refractivity (Wildman–Crippen MR) is 126 cm³/mol. The third-order valence-electron chi connectivity index (χ3n) is 7.70. The van der Waals surface area contributed by atoms with E-state index in [1.165, 1.54) is 42.4 Å². The summed E-state index contributed by atoms with van der Waals surface area (Å²) in [6.07, 6.45) is 6.74. The molecule has 5 atom stereocenters. The Balaban J connectivity index is 0.00000245. The summed E-state index contributed by atoms with van der Waals surface area (Å²) < 4.78 is 7.69. The number of pyridine rings is 1. The summed E-state index contributed by atoms with van der Waals surface area (Å²) >= 11 is 0. The lowest BCUT2D eigenvalue weighted by Gasteiger charge is -2.58. The monoisotopic (exact) mass is 492 g/mol. The van der Waals surface area contributed by atoms with Gasteiger partial charge in [0.15, 0.2) is 0 Å². The van der Waals surface area contributed by atoms with Gasteiger partial charge in [-0.15, -0.1) is 6.58 Å². The molecule has 0 amide bonds. The minimum atomic E-state index is 0. The molecule has 0 aliphatic carbocycles. The Hall–Kier alpha value is -2.01. The molecule has 0 saturated carbocycles. The van der Waals surface area contributed by atoms with E-state index in [0.717, 1.165) is 23.2 Å². The zero-order chi connectivity index (χ0) is 21.3. The van der Waals surface area contributed by atoms with Gasteiger partial charge in [-0.3, -0.25) is 4.98 Å². The molecule has 4 heterocycles. The lowest BCUT2D eigenvalue weighted by molar-refractivity contribution is -0.985. The number of hydrogen-bond donors (Lipinski definition) is 0. The number of quaternary nitrogens is 1. The molecule has 0 N–H and O–H groups in total. The number of nitrogens with zero attached hydrogens (tertiary/aromatic N) is 2. The van der Waals surface area contributed by atoms with Crippen LogP contribution in [0.25, 0.3) is 10.9 Å². The van der Waals surface area contributed by atoms with E-state index in [0.29, 0.717) is 17.9 Å². The van der Waals surface area contributed by atoms with Crippen LogP contribution >= 0.6 is 0 Å². The van der Waals surface area contributed by atoms with Crippen LogP contribution < -0.4 is 17.0 Å². The topological polar surface area (TPSA) is 22.1 Å². The maximum absolute atomic E-state index is 6.59. The molecular formula is C28H33BrN2O. The lowest BCUT2D eigenvalue weighted by Crippen LogP contribution is -3.00. The number of hydrogen-bond acceptors (Lipinski definition) is 2. The van der Waals surface area contributed by atoms with Crippen molar-refractivity contribution in [2.75, 3.05) is 19.7 Å². The zero-order valence-corrected chi connectivity index (χ0v) is 20.5. The van der Waals surface area contributed by atoms with Gasteiger partial charge in [0.25, 0.3) is 0 Å². The number of benzene rings is 2. The van der Waals surface area contributed by atoms with Gasteiger partial charge in [-0.05, 0) is 30.5 Å². The van der Waals surface area contributed by atoms with E-state index in [1.54, 1.807) is 0 Å². The summed E-state index contributed by atoms with van der Waals surface area (Å²) in [4.78, 5) is 4.61. The van der Waals surface area contributed by atoms with Crippen LogP contribution in [0.15, 0.2) is 79.5 Å². The van der Waals surface area contributed by atoms with Gasteiger partial charge in [0, 0.05) is 42.5 Å². The van der Waals surface area contributed by atoms with Crippen molar-refractivity contribution in [3.63, 3.8) is 0 Å². The number of piperidine rings is 3. The fourth-order valence-electron chi connectivity index (χ4n) is 6.26. The van der Waals surface area contributed by atoms with Gasteiger partial charge in [-0.2, -0.15) is 0 Å². The Labute approximate surface area is 202 Å². The first-order chi connectivity index (χ1) is 15.2. The first-order valence-electron chi connectivity index (χ1n) is 11.7. The molecule has 2 aromatic carbocycles. The summed E-state index contributed by atoms with van der Waals surface area (Å²) in [7, 11) is 0. The minimum absolute atomic E-state index is 0. The van der Waals surface area contributed by atoms with Gasteiger partial charge >= 0.3 is 0 Å². The van der Waals surface area contributed by atoms with Crippen molar-refractivity contribution < 1.29 is 26.2 Å². The summed E-state index contributed by atoms with van der Waals surface area (Å²) in [6.45, 7) is 10.5. The average Bonchev–Trinajstić information content (AvgIpc) is 2.83. The van der Waals surface area contributed by atoms with Gasteiger partial charge in [0.1, 0.15) is 18.7 Å². The fourth-order valence-corrected chi connectivity index (χ4v) is 6.26. The molecule has 3 aliphatic rings. The molecule has 1 unspecified atom stereocenters. The van der Waals surface area contributed by atoms with Crippen molar-refractivity contribution >= 4 is 10.9 Å². The molecule has 0 radical (unpaired) electrons. The second-order valence-electron chi connectivity index (χ2n) is 9.31. The molecule has 0 spiro atoms. The van der Waals surface area contributed by atoms with E-state index in [-0.39, 0.29) is 23.1 Å². The highest BCUT2D eigenvalue weighted by Gasteiger charge is 2.54. The summed E-state index contributed by atoms with van der Waals surface area (Å²) in [5.41, 5.74) is 3.77. The third-order valence-corrected chi connectivity index (χ3v) is 7.70. The van der Waals surface area contributed by atoms with Crippen molar-refractivity contribution in [2.45, 2.75) is 38.5 Å². The van der Waals surface area contributed by atoms with Crippen molar-refractivity contribution in [1.82, 2.24) is 4.98 Å². The van der Waals surface area contributed by atoms with Crippen molar-refractivity contribution in [3.05, 3.63) is 90.6 Å². The smallest absolute Gasteiger partial charge is 0.135 e. The molecule has 32 heavy (non-hydrogen) atoms. The van der Waals surface area contributed by atoms with Gasteiger partial charge in [-0.25, -0.2) is 0 Å². The zero-order valence-electron chi connectivity index (χ0n) is 18.9. The third kappa shape index (κ3) is 4.16. The highest BCUT2D eigenvalue weighted by molar-refractivity contribution is 5.82. The van der Waals surface area contributed by atoms with E-state index in [9.17, 15) is 0 Å². The SMILES string of the molecule is C=C[C@H]1C[N+]2(Cc3ccccc3)CC[C@H]1C[C@@H]2[C@@H](OCC)c1ccnc2ccccc12.[Br-]. The second kappa shape index (κ2) is 9.86. The van der Waals surface area contributed by atoms with Crippen LogP contribution in [-0.2, 0) is 11.3 Å². The Kier molecular flexibility index (Phi) is 7.14. The fraction of sp³-hybridized carbons (Fsp3) is 0.393. The first-order valence-corrected chi connectivity index (χ1v) is 11.7. The van der Waals surface area contributed by atoms with Crippen LogP contribution in [0.3, 0.4) is 0 Å². The van der Waals surface area contributed by atoms with Crippen LogP contribution in [0, 0.1) is 11.8 Å². The predicted octanol–water partition coefficient (Wildman–Crippen LogP) is 2.93.